The van der Waals surface area contributed by atoms with Gasteiger partial charge in [-0.25, -0.2) is 0 Å². The summed E-state index contributed by atoms with van der Waals surface area (Å²) in [4.78, 5) is 14.9. The lowest BCUT2D eigenvalue weighted by Crippen LogP contribution is -2.42. The molecule has 36 heavy (non-hydrogen) atoms. The van der Waals surface area contributed by atoms with E-state index in [-0.39, 0.29) is 11.3 Å². The topological polar surface area (TPSA) is 105 Å². The van der Waals surface area contributed by atoms with E-state index in [2.05, 4.69) is 36.9 Å². The van der Waals surface area contributed by atoms with Crippen molar-refractivity contribution in [2.24, 2.45) is 5.92 Å². The predicted octanol–water partition coefficient (Wildman–Crippen LogP) is 5.15. The highest BCUT2D eigenvalue weighted by Gasteiger charge is 2.26. The van der Waals surface area contributed by atoms with Crippen molar-refractivity contribution in [1.82, 2.24) is 0 Å². The average Bonchev–Trinajstić information content (AvgIpc) is 2.90. The molecule has 1 aliphatic rings. The summed E-state index contributed by atoms with van der Waals surface area (Å²) in [5.41, 5.74) is 1.96. The van der Waals surface area contributed by atoms with Crippen molar-refractivity contribution in [3.63, 3.8) is 0 Å². The van der Waals surface area contributed by atoms with Crippen molar-refractivity contribution in [3.05, 3.63) is 47.5 Å². The highest BCUT2D eigenvalue weighted by Crippen LogP contribution is 2.32. The number of hydrogen-bond donors (Lipinski definition) is 3. The zero-order valence-corrected chi connectivity index (χ0v) is 22.7. The molecule has 0 amide bonds. The molecule has 6 nitrogen and oxygen atoms in total. The number of thioether (sulfide) groups is 1. The molecule has 1 saturated heterocycles. The average molecular weight is 513 g/mol. The highest BCUT2D eigenvalue weighted by atomic mass is 32.2. The smallest absolute Gasteiger partial charge is 0.230 e. The molecule has 7 heteroatoms. The number of hydrogen-bond acceptors (Lipinski definition) is 7. The Morgan fingerprint density at radius 2 is 1.89 bits per heavy atom. The fraction of sp³-hybridized carbons (Fsp3) is 0.517. The van der Waals surface area contributed by atoms with Crippen LogP contribution in [0.5, 0.6) is 0 Å². The molecule has 0 spiro atoms. The zero-order valence-electron chi connectivity index (χ0n) is 21.9. The van der Waals surface area contributed by atoms with Crippen molar-refractivity contribution >= 4 is 39.4 Å². The van der Waals surface area contributed by atoms with Crippen LogP contribution in [0.15, 0.2) is 42.0 Å². The number of piperidine rings is 1. The highest BCUT2D eigenvalue weighted by molar-refractivity contribution is 8.14. The number of carbonyl (C=O) groups excluding carboxylic acids is 1. The monoisotopic (exact) mass is 512 g/mol. The molecule has 0 aliphatic carbocycles. The van der Waals surface area contributed by atoms with Gasteiger partial charge in [0.2, 0.25) is 5.12 Å². The molecule has 0 saturated carbocycles. The third kappa shape index (κ3) is 8.07. The summed E-state index contributed by atoms with van der Waals surface area (Å²) in [5.74, 6) is 0.662. The molecule has 1 aliphatic heterocycles. The van der Waals surface area contributed by atoms with Gasteiger partial charge in [0.05, 0.1) is 12.7 Å². The molecule has 0 radical (unpaired) electrons. The number of benzene rings is 2. The van der Waals surface area contributed by atoms with E-state index in [1.807, 2.05) is 38.1 Å². The van der Waals surface area contributed by atoms with Crippen LogP contribution in [0.25, 0.3) is 16.8 Å². The van der Waals surface area contributed by atoms with Gasteiger partial charge < -0.3 is 20.2 Å². The van der Waals surface area contributed by atoms with E-state index in [4.69, 9.17) is 5.11 Å². The first kappa shape index (κ1) is 29.9. The minimum atomic E-state index is -1.31. The first-order valence-electron chi connectivity index (χ1n) is 12.9. The first-order chi connectivity index (χ1) is 17.4. The van der Waals surface area contributed by atoms with Gasteiger partial charge in [0.15, 0.2) is 0 Å². The van der Waals surface area contributed by atoms with Gasteiger partial charge in [-0.3, -0.25) is 4.79 Å². The fourth-order valence-corrected chi connectivity index (χ4v) is 5.30. The standard InChI is InChI=1S/C27H34N2O4S.C2H6/c1-3-4-23-11-18(2)9-10-29(23)24-8-7-20-12-19(5-6-21(20)14-24)13-22(15-28)27(33)34-17-26(32)25(31)16-30;1-2/h5-8,12-14,18,23,25-26,30-32H,3-4,9-11,16-17H2,1-2H3;1-2H3/b22-13+;. The molecular weight excluding hydrogens is 472 g/mol. The summed E-state index contributed by atoms with van der Waals surface area (Å²) in [7, 11) is 0. The molecule has 1 fully saturated rings. The molecule has 2 aromatic carbocycles. The lowest BCUT2D eigenvalue weighted by atomic mass is 9.89. The summed E-state index contributed by atoms with van der Waals surface area (Å²) in [6, 6.07) is 14.9. The number of aliphatic hydroxyl groups excluding tert-OH is 3. The van der Waals surface area contributed by atoms with Gasteiger partial charge in [-0.2, -0.15) is 5.26 Å². The molecule has 0 bridgehead atoms. The van der Waals surface area contributed by atoms with E-state index in [1.165, 1.54) is 31.4 Å². The summed E-state index contributed by atoms with van der Waals surface area (Å²) >= 11 is 0.749. The minimum Gasteiger partial charge on any atom is -0.394 e. The summed E-state index contributed by atoms with van der Waals surface area (Å²) in [6.45, 7) is 9.07. The van der Waals surface area contributed by atoms with Crippen LogP contribution >= 0.6 is 11.8 Å². The van der Waals surface area contributed by atoms with Gasteiger partial charge in [0.1, 0.15) is 17.7 Å². The third-order valence-electron chi connectivity index (χ3n) is 6.45. The second kappa shape index (κ2) is 15.0. The van der Waals surface area contributed by atoms with Crippen LogP contribution in [-0.2, 0) is 4.79 Å². The predicted molar refractivity (Wildman–Crippen MR) is 150 cm³/mol. The zero-order chi connectivity index (χ0) is 26.7. The molecule has 3 rings (SSSR count). The Morgan fingerprint density at radius 1 is 1.19 bits per heavy atom. The van der Waals surface area contributed by atoms with Gasteiger partial charge >= 0.3 is 0 Å². The van der Waals surface area contributed by atoms with Crippen molar-refractivity contribution in [2.45, 2.75) is 71.6 Å². The normalized spacial score (nSPS) is 19.7. The number of anilines is 1. The molecule has 0 aromatic heterocycles. The Hall–Kier alpha value is -2.37. The number of carbonyl (C=O) groups is 1. The molecule has 196 valence electrons. The molecule has 2 aromatic rings. The van der Waals surface area contributed by atoms with Crippen LogP contribution in [0.2, 0.25) is 0 Å². The SMILES string of the molecule is CC.CCCC1CC(C)CCN1c1ccc2cc(/C=C(\C#N)C(=O)SCC(O)C(O)CO)ccc2c1. The van der Waals surface area contributed by atoms with Crippen LogP contribution in [0.4, 0.5) is 5.69 Å². The van der Waals surface area contributed by atoms with E-state index < -0.39 is 23.9 Å². The van der Waals surface area contributed by atoms with Gasteiger partial charge in [0.25, 0.3) is 0 Å². The first-order valence-corrected chi connectivity index (χ1v) is 13.9. The summed E-state index contributed by atoms with van der Waals surface area (Å²) < 4.78 is 0. The third-order valence-corrected chi connectivity index (χ3v) is 7.44. The van der Waals surface area contributed by atoms with Crippen molar-refractivity contribution in [2.75, 3.05) is 23.8 Å². The Morgan fingerprint density at radius 3 is 2.56 bits per heavy atom. The van der Waals surface area contributed by atoms with E-state index in [1.54, 1.807) is 6.08 Å². The fourth-order valence-electron chi connectivity index (χ4n) is 4.49. The molecular formula is C29H40N2O4S. The Kier molecular flexibility index (Phi) is 12.5. The van der Waals surface area contributed by atoms with Gasteiger partial charge in [0, 0.05) is 24.0 Å². The lowest BCUT2D eigenvalue weighted by molar-refractivity contribution is -0.107. The number of aliphatic hydroxyl groups is 3. The van der Waals surface area contributed by atoms with Crippen molar-refractivity contribution < 1.29 is 20.1 Å². The maximum absolute atomic E-state index is 12.4. The van der Waals surface area contributed by atoms with Crippen LogP contribution in [0, 0.1) is 17.2 Å². The molecule has 1 heterocycles. The summed E-state index contributed by atoms with van der Waals surface area (Å²) in [6.07, 6.45) is 3.80. The second-order valence-corrected chi connectivity index (χ2v) is 10.1. The van der Waals surface area contributed by atoms with Gasteiger partial charge in [-0.15, -0.1) is 0 Å². The maximum Gasteiger partial charge on any atom is 0.230 e. The molecule has 4 atom stereocenters. The molecule has 3 N–H and O–H groups in total. The van der Waals surface area contributed by atoms with Crippen molar-refractivity contribution in [1.29, 1.82) is 5.26 Å². The quantitative estimate of drug-likeness (QED) is 0.315. The number of nitriles is 1. The minimum absolute atomic E-state index is 0.0310. The van der Waals surface area contributed by atoms with E-state index >= 15 is 0 Å². The van der Waals surface area contributed by atoms with E-state index in [0.717, 1.165) is 40.6 Å². The number of rotatable bonds is 9. The van der Waals surface area contributed by atoms with Crippen LogP contribution < -0.4 is 4.90 Å². The summed E-state index contributed by atoms with van der Waals surface area (Å²) in [5, 5.41) is 39.1. The lowest BCUT2D eigenvalue weighted by Gasteiger charge is -2.40. The largest absolute Gasteiger partial charge is 0.394 e. The van der Waals surface area contributed by atoms with E-state index in [9.17, 15) is 20.3 Å². The van der Waals surface area contributed by atoms with E-state index in [0.29, 0.717) is 6.04 Å². The van der Waals surface area contributed by atoms with Crippen LogP contribution in [0.1, 0.15) is 58.9 Å². The van der Waals surface area contributed by atoms with Gasteiger partial charge in [-0.05, 0) is 65.8 Å². The van der Waals surface area contributed by atoms with Gasteiger partial charge in [-0.1, -0.05) is 64.1 Å². The van der Waals surface area contributed by atoms with Crippen molar-refractivity contribution in [3.8, 4) is 6.07 Å². The maximum atomic E-state index is 12.4. The van der Waals surface area contributed by atoms with Crippen LogP contribution in [-0.4, -0.2) is 57.6 Å². The Labute approximate surface area is 219 Å². The van der Waals surface area contributed by atoms with Crippen LogP contribution in [0.3, 0.4) is 0 Å². The number of nitrogens with zero attached hydrogens (tertiary/aromatic N) is 2. The number of fused-ring (bicyclic) bond motifs is 1. The Balaban J connectivity index is 0.00000222. The Bertz CT molecular complexity index is 1060. The second-order valence-electron chi connectivity index (χ2n) is 9.14. The molecule has 4 unspecified atom stereocenters.